The number of likely N-dealkylation sites (N-methyl/N-ethyl adjacent to an activating group) is 1. The van der Waals surface area contributed by atoms with Crippen molar-refractivity contribution in [2.24, 2.45) is 0 Å². The van der Waals surface area contributed by atoms with Crippen LogP contribution in [0.15, 0.2) is 24.3 Å². The van der Waals surface area contributed by atoms with Gasteiger partial charge in [0.05, 0.1) is 0 Å². The number of halogens is 1. The van der Waals surface area contributed by atoms with E-state index in [1.54, 1.807) is 0 Å². The molecule has 3 heteroatoms. The van der Waals surface area contributed by atoms with Gasteiger partial charge in [0.15, 0.2) is 0 Å². The Morgan fingerprint density at radius 2 is 2.17 bits per heavy atom. The van der Waals surface area contributed by atoms with Crippen LogP contribution in [0.1, 0.15) is 32.3 Å². The highest BCUT2D eigenvalue weighted by Crippen LogP contribution is 2.13. The van der Waals surface area contributed by atoms with Gasteiger partial charge in [0.1, 0.15) is 0 Å². The third-order valence-electron chi connectivity index (χ3n) is 3.22. The molecule has 1 aromatic carbocycles. The van der Waals surface area contributed by atoms with E-state index in [1.807, 2.05) is 18.2 Å². The van der Waals surface area contributed by atoms with Crippen molar-refractivity contribution >= 4 is 11.6 Å². The number of hydrogen-bond acceptors (Lipinski definition) is 2. The molecule has 0 amide bonds. The van der Waals surface area contributed by atoms with Crippen LogP contribution in [0, 0.1) is 0 Å². The molecule has 0 heterocycles. The van der Waals surface area contributed by atoms with Crippen molar-refractivity contribution in [3.8, 4) is 0 Å². The topological polar surface area (TPSA) is 15.3 Å². The summed E-state index contributed by atoms with van der Waals surface area (Å²) in [7, 11) is 2.16. The Hall–Kier alpha value is -0.570. The number of hydrogen-bond donors (Lipinski definition) is 1. The van der Waals surface area contributed by atoms with Crippen molar-refractivity contribution < 1.29 is 0 Å². The first kappa shape index (κ1) is 15.5. The summed E-state index contributed by atoms with van der Waals surface area (Å²) in [4.78, 5) is 2.35. The summed E-state index contributed by atoms with van der Waals surface area (Å²) in [6.45, 7) is 7.57. The molecule has 18 heavy (non-hydrogen) atoms. The molecule has 2 nitrogen and oxygen atoms in total. The minimum absolute atomic E-state index is 0.529. The van der Waals surface area contributed by atoms with Crippen molar-refractivity contribution in [2.75, 3.05) is 20.1 Å². The van der Waals surface area contributed by atoms with Crippen LogP contribution in [0.4, 0.5) is 0 Å². The molecule has 0 radical (unpaired) electrons. The SMILES string of the molecule is CCCCNCC(C)N(C)Cc1cccc(Cl)c1. The van der Waals surface area contributed by atoms with Crippen LogP contribution in [0.2, 0.25) is 5.02 Å². The van der Waals surface area contributed by atoms with Gasteiger partial charge in [0, 0.05) is 24.2 Å². The lowest BCUT2D eigenvalue weighted by molar-refractivity contribution is 0.243. The van der Waals surface area contributed by atoms with Crippen LogP contribution in [0.5, 0.6) is 0 Å². The van der Waals surface area contributed by atoms with Crippen LogP contribution in [-0.2, 0) is 6.54 Å². The first-order chi connectivity index (χ1) is 8.63. The Bertz CT molecular complexity index is 341. The van der Waals surface area contributed by atoms with E-state index >= 15 is 0 Å². The fourth-order valence-corrected chi connectivity index (χ4v) is 2.06. The van der Waals surface area contributed by atoms with Gasteiger partial charge in [0.2, 0.25) is 0 Å². The Balaban J connectivity index is 2.33. The molecular formula is C15H25ClN2. The summed E-state index contributed by atoms with van der Waals surface area (Å²) in [6.07, 6.45) is 2.50. The zero-order valence-electron chi connectivity index (χ0n) is 11.7. The molecule has 0 saturated heterocycles. The van der Waals surface area contributed by atoms with Crippen molar-refractivity contribution in [3.05, 3.63) is 34.9 Å². The van der Waals surface area contributed by atoms with Crippen molar-refractivity contribution in [2.45, 2.75) is 39.3 Å². The van der Waals surface area contributed by atoms with Gasteiger partial charge in [-0.1, -0.05) is 37.1 Å². The molecule has 1 aromatic rings. The molecule has 0 spiro atoms. The fraction of sp³-hybridized carbons (Fsp3) is 0.600. The largest absolute Gasteiger partial charge is 0.315 e. The molecule has 0 aliphatic rings. The normalized spacial score (nSPS) is 12.9. The van der Waals surface area contributed by atoms with E-state index in [4.69, 9.17) is 11.6 Å². The maximum absolute atomic E-state index is 6.00. The van der Waals surface area contributed by atoms with Crippen molar-refractivity contribution in [1.82, 2.24) is 10.2 Å². The van der Waals surface area contributed by atoms with Crippen LogP contribution < -0.4 is 5.32 Å². The van der Waals surface area contributed by atoms with E-state index in [1.165, 1.54) is 18.4 Å². The average Bonchev–Trinajstić information content (AvgIpc) is 2.34. The summed E-state index contributed by atoms with van der Waals surface area (Å²) in [5.41, 5.74) is 1.27. The second-order valence-electron chi connectivity index (χ2n) is 4.95. The standard InChI is InChI=1S/C15H25ClN2/c1-4-5-9-17-11-13(2)18(3)12-14-7-6-8-15(16)10-14/h6-8,10,13,17H,4-5,9,11-12H2,1-3H3. The predicted molar refractivity (Wildman–Crippen MR) is 80.2 cm³/mol. The van der Waals surface area contributed by atoms with E-state index in [-0.39, 0.29) is 0 Å². The van der Waals surface area contributed by atoms with Crippen molar-refractivity contribution in [3.63, 3.8) is 0 Å². The number of nitrogens with zero attached hydrogens (tertiary/aromatic N) is 1. The molecular weight excluding hydrogens is 244 g/mol. The molecule has 1 rings (SSSR count). The Labute approximate surface area is 116 Å². The zero-order chi connectivity index (χ0) is 13.4. The van der Waals surface area contributed by atoms with E-state index in [0.717, 1.165) is 24.7 Å². The monoisotopic (exact) mass is 268 g/mol. The highest BCUT2D eigenvalue weighted by molar-refractivity contribution is 6.30. The lowest BCUT2D eigenvalue weighted by Crippen LogP contribution is -2.37. The number of rotatable bonds is 8. The minimum Gasteiger partial charge on any atom is -0.315 e. The molecule has 1 N–H and O–H groups in total. The van der Waals surface area contributed by atoms with Gasteiger partial charge in [-0.3, -0.25) is 4.90 Å². The van der Waals surface area contributed by atoms with Crippen LogP contribution in [0.25, 0.3) is 0 Å². The first-order valence-corrected chi connectivity index (χ1v) is 7.16. The Morgan fingerprint density at radius 3 is 2.83 bits per heavy atom. The lowest BCUT2D eigenvalue weighted by Gasteiger charge is -2.25. The predicted octanol–water partition coefficient (Wildman–Crippen LogP) is 3.55. The number of nitrogens with one attached hydrogen (secondary N) is 1. The summed E-state index contributed by atoms with van der Waals surface area (Å²) >= 11 is 6.00. The highest BCUT2D eigenvalue weighted by Gasteiger charge is 2.09. The lowest BCUT2D eigenvalue weighted by atomic mass is 10.2. The molecule has 0 bridgehead atoms. The van der Waals surface area contributed by atoms with E-state index in [9.17, 15) is 0 Å². The second kappa shape index (κ2) is 8.52. The molecule has 0 aromatic heterocycles. The molecule has 0 saturated carbocycles. The van der Waals surface area contributed by atoms with Gasteiger partial charge in [-0.15, -0.1) is 0 Å². The van der Waals surface area contributed by atoms with Gasteiger partial charge in [-0.25, -0.2) is 0 Å². The molecule has 102 valence electrons. The summed E-state index contributed by atoms with van der Waals surface area (Å²) in [5.74, 6) is 0. The smallest absolute Gasteiger partial charge is 0.0409 e. The zero-order valence-corrected chi connectivity index (χ0v) is 12.5. The molecule has 0 aliphatic heterocycles. The number of benzene rings is 1. The maximum Gasteiger partial charge on any atom is 0.0409 e. The third kappa shape index (κ3) is 5.85. The average molecular weight is 269 g/mol. The first-order valence-electron chi connectivity index (χ1n) is 6.79. The van der Waals surface area contributed by atoms with E-state index in [2.05, 4.69) is 37.2 Å². The van der Waals surface area contributed by atoms with Crippen LogP contribution in [-0.4, -0.2) is 31.1 Å². The van der Waals surface area contributed by atoms with Crippen LogP contribution in [0.3, 0.4) is 0 Å². The molecule has 0 aliphatic carbocycles. The quantitative estimate of drug-likeness (QED) is 0.726. The van der Waals surface area contributed by atoms with E-state index in [0.29, 0.717) is 6.04 Å². The maximum atomic E-state index is 6.00. The van der Waals surface area contributed by atoms with E-state index < -0.39 is 0 Å². The summed E-state index contributed by atoms with van der Waals surface area (Å²) in [5, 5.41) is 4.31. The van der Waals surface area contributed by atoms with Gasteiger partial charge in [-0.05, 0) is 44.6 Å². The van der Waals surface area contributed by atoms with Gasteiger partial charge in [-0.2, -0.15) is 0 Å². The third-order valence-corrected chi connectivity index (χ3v) is 3.46. The fourth-order valence-electron chi connectivity index (χ4n) is 1.85. The Kier molecular flexibility index (Phi) is 7.33. The van der Waals surface area contributed by atoms with Crippen molar-refractivity contribution in [1.29, 1.82) is 0 Å². The highest BCUT2D eigenvalue weighted by atomic mass is 35.5. The van der Waals surface area contributed by atoms with Gasteiger partial charge < -0.3 is 5.32 Å². The number of unbranched alkanes of at least 4 members (excludes halogenated alkanes) is 1. The molecule has 0 fully saturated rings. The minimum atomic E-state index is 0.529. The van der Waals surface area contributed by atoms with Gasteiger partial charge in [0.25, 0.3) is 0 Å². The summed E-state index contributed by atoms with van der Waals surface area (Å²) in [6, 6.07) is 8.62. The summed E-state index contributed by atoms with van der Waals surface area (Å²) < 4.78 is 0. The molecule has 1 atom stereocenters. The van der Waals surface area contributed by atoms with Crippen LogP contribution >= 0.6 is 11.6 Å². The second-order valence-corrected chi connectivity index (χ2v) is 5.39. The Morgan fingerprint density at radius 1 is 1.39 bits per heavy atom. The molecule has 1 unspecified atom stereocenters. The van der Waals surface area contributed by atoms with Gasteiger partial charge >= 0.3 is 0 Å².